The van der Waals surface area contributed by atoms with E-state index in [0.29, 0.717) is 25.3 Å². The van der Waals surface area contributed by atoms with Gasteiger partial charge in [0.25, 0.3) is 0 Å². The van der Waals surface area contributed by atoms with Gasteiger partial charge in [-0.2, -0.15) is 5.10 Å². The van der Waals surface area contributed by atoms with Crippen molar-refractivity contribution in [3.8, 4) is 0 Å². The zero-order valence-electron chi connectivity index (χ0n) is 13.3. The van der Waals surface area contributed by atoms with Gasteiger partial charge >= 0.3 is 0 Å². The van der Waals surface area contributed by atoms with Crippen molar-refractivity contribution in [3.63, 3.8) is 0 Å². The normalized spacial score (nSPS) is 18.2. The Labute approximate surface area is 134 Å². The number of morpholine rings is 1. The molecule has 3 rings (SSSR count). The van der Waals surface area contributed by atoms with Crippen molar-refractivity contribution in [3.05, 3.63) is 52.6 Å². The summed E-state index contributed by atoms with van der Waals surface area (Å²) in [5, 5.41) is 7.15. The topological polar surface area (TPSA) is 58.2 Å². The quantitative estimate of drug-likeness (QED) is 0.945. The molecule has 0 radical (unpaired) electrons. The van der Waals surface area contributed by atoms with Gasteiger partial charge in [-0.1, -0.05) is 18.2 Å². The summed E-state index contributed by atoms with van der Waals surface area (Å²) in [6, 6.07) is 6.22. The number of rotatable bonds is 3. The fourth-order valence-electron chi connectivity index (χ4n) is 3.10. The molecule has 0 saturated carbocycles. The molecule has 23 heavy (non-hydrogen) atoms. The number of ether oxygens (including phenoxy) is 1. The van der Waals surface area contributed by atoms with E-state index in [-0.39, 0.29) is 24.2 Å². The minimum atomic E-state index is -0.346. The number of carbonyl (C=O) groups excluding carboxylic acids is 1. The third-order valence-corrected chi connectivity index (χ3v) is 4.27. The minimum absolute atomic E-state index is 0.0547. The van der Waals surface area contributed by atoms with E-state index in [1.54, 1.807) is 23.1 Å². The Kier molecular flexibility index (Phi) is 4.43. The first kappa shape index (κ1) is 15.7. The minimum Gasteiger partial charge on any atom is -0.377 e. The molecular weight excluding hydrogens is 297 g/mol. The lowest BCUT2D eigenvalue weighted by atomic mass is 10.0. The summed E-state index contributed by atoms with van der Waals surface area (Å²) in [5.74, 6) is -0.440. The molecule has 0 aliphatic carbocycles. The fraction of sp³-hybridized carbons (Fsp3) is 0.412. The van der Waals surface area contributed by atoms with Crippen LogP contribution in [0.4, 0.5) is 4.39 Å². The Morgan fingerprint density at radius 2 is 2.22 bits per heavy atom. The van der Waals surface area contributed by atoms with Crippen molar-refractivity contribution in [2.45, 2.75) is 26.3 Å². The van der Waals surface area contributed by atoms with E-state index < -0.39 is 0 Å². The second-order valence-electron chi connectivity index (χ2n) is 5.79. The van der Waals surface area contributed by atoms with Crippen LogP contribution < -0.4 is 0 Å². The van der Waals surface area contributed by atoms with Crippen molar-refractivity contribution in [1.82, 2.24) is 15.1 Å². The second kappa shape index (κ2) is 6.50. The summed E-state index contributed by atoms with van der Waals surface area (Å²) < 4.78 is 19.4. The lowest BCUT2D eigenvalue weighted by Gasteiger charge is -2.36. The molecule has 1 fully saturated rings. The molecule has 1 aromatic carbocycles. The Morgan fingerprint density at radius 1 is 1.43 bits per heavy atom. The molecule has 1 aliphatic rings. The summed E-state index contributed by atoms with van der Waals surface area (Å²) in [6.45, 7) is 5.28. The number of amides is 1. The van der Waals surface area contributed by atoms with Crippen molar-refractivity contribution in [2.24, 2.45) is 0 Å². The summed E-state index contributed by atoms with van der Waals surface area (Å²) >= 11 is 0. The summed E-state index contributed by atoms with van der Waals surface area (Å²) in [5.41, 5.74) is 3.21. The number of nitrogens with zero attached hydrogens (tertiary/aromatic N) is 2. The zero-order valence-corrected chi connectivity index (χ0v) is 13.3. The predicted octanol–water partition coefficient (Wildman–Crippen LogP) is 2.31. The maximum absolute atomic E-state index is 13.8. The first-order valence-electron chi connectivity index (χ1n) is 7.70. The number of halogens is 1. The summed E-state index contributed by atoms with van der Waals surface area (Å²) in [4.78, 5) is 14.5. The molecule has 2 heterocycles. The van der Waals surface area contributed by atoms with Gasteiger partial charge in [0.2, 0.25) is 5.91 Å². The SMILES string of the molecule is Cc1n[nH]c(C)c1[C@@H]1COCCN1C(=O)Cc1ccccc1F. The molecule has 1 N–H and O–H groups in total. The van der Waals surface area contributed by atoms with Crippen LogP contribution in [0.2, 0.25) is 0 Å². The number of carbonyl (C=O) groups is 1. The van der Waals surface area contributed by atoms with Crippen LogP contribution in [0.25, 0.3) is 0 Å². The number of aromatic nitrogens is 2. The van der Waals surface area contributed by atoms with E-state index in [9.17, 15) is 9.18 Å². The lowest BCUT2D eigenvalue weighted by molar-refractivity contribution is -0.139. The molecule has 1 atom stereocenters. The fourth-order valence-corrected chi connectivity index (χ4v) is 3.10. The van der Waals surface area contributed by atoms with Crippen molar-refractivity contribution in [1.29, 1.82) is 0 Å². The summed E-state index contributed by atoms with van der Waals surface area (Å²) in [6.07, 6.45) is 0.0547. The van der Waals surface area contributed by atoms with Crippen LogP contribution in [0.3, 0.4) is 0 Å². The molecule has 1 aliphatic heterocycles. The van der Waals surface area contributed by atoms with E-state index in [1.165, 1.54) is 6.07 Å². The average molecular weight is 317 g/mol. The van der Waals surface area contributed by atoms with Crippen LogP contribution in [-0.2, 0) is 16.0 Å². The zero-order chi connectivity index (χ0) is 16.4. The van der Waals surface area contributed by atoms with E-state index in [0.717, 1.165) is 17.0 Å². The van der Waals surface area contributed by atoms with Crippen LogP contribution in [-0.4, -0.2) is 40.8 Å². The van der Waals surface area contributed by atoms with E-state index in [4.69, 9.17) is 4.74 Å². The van der Waals surface area contributed by atoms with Gasteiger partial charge in [0.1, 0.15) is 5.82 Å². The van der Waals surface area contributed by atoms with E-state index in [1.807, 2.05) is 13.8 Å². The molecule has 1 saturated heterocycles. The van der Waals surface area contributed by atoms with Crippen LogP contribution in [0.15, 0.2) is 24.3 Å². The number of hydrogen-bond acceptors (Lipinski definition) is 3. The first-order valence-corrected chi connectivity index (χ1v) is 7.70. The molecular formula is C17H20FN3O2. The second-order valence-corrected chi connectivity index (χ2v) is 5.79. The average Bonchev–Trinajstić information content (AvgIpc) is 2.88. The van der Waals surface area contributed by atoms with Crippen LogP contribution >= 0.6 is 0 Å². The number of benzene rings is 1. The van der Waals surface area contributed by atoms with Gasteiger partial charge in [0, 0.05) is 17.8 Å². The highest BCUT2D eigenvalue weighted by Crippen LogP contribution is 2.29. The summed E-state index contributed by atoms with van der Waals surface area (Å²) in [7, 11) is 0. The molecule has 1 aromatic heterocycles. The van der Waals surface area contributed by atoms with Crippen LogP contribution in [0.1, 0.15) is 28.6 Å². The monoisotopic (exact) mass is 317 g/mol. The Morgan fingerprint density at radius 3 is 2.91 bits per heavy atom. The van der Waals surface area contributed by atoms with Gasteiger partial charge in [0.05, 0.1) is 31.4 Å². The first-order chi connectivity index (χ1) is 11.1. The molecule has 0 spiro atoms. The molecule has 5 nitrogen and oxygen atoms in total. The largest absolute Gasteiger partial charge is 0.377 e. The van der Waals surface area contributed by atoms with E-state index in [2.05, 4.69) is 10.2 Å². The molecule has 122 valence electrons. The lowest BCUT2D eigenvalue weighted by Crippen LogP contribution is -2.44. The van der Waals surface area contributed by atoms with Crippen LogP contribution in [0, 0.1) is 19.7 Å². The number of aromatic amines is 1. The van der Waals surface area contributed by atoms with Gasteiger partial charge in [-0.15, -0.1) is 0 Å². The third kappa shape index (κ3) is 3.12. The van der Waals surface area contributed by atoms with Gasteiger partial charge in [-0.05, 0) is 25.5 Å². The third-order valence-electron chi connectivity index (χ3n) is 4.27. The number of aryl methyl sites for hydroxylation is 2. The maximum Gasteiger partial charge on any atom is 0.227 e. The Bertz CT molecular complexity index is 694. The highest BCUT2D eigenvalue weighted by molar-refractivity contribution is 5.79. The molecule has 6 heteroatoms. The smallest absolute Gasteiger partial charge is 0.227 e. The van der Waals surface area contributed by atoms with Gasteiger partial charge < -0.3 is 9.64 Å². The van der Waals surface area contributed by atoms with Gasteiger partial charge in [0.15, 0.2) is 0 Å². The Hall–Kier alpha value is -2.21. The molecule has 2 aromatic rings. The van der Waals surface area contributed by atoms with Gasteiger partial charge in [-0.25, -0.2) is 4.39 Å². The molecule has 0 unspecified atom stereocenters. The number of nitrogens with one attached hydrogen (secondary N) is 1. The number of H-pyrrole nitrogens is 1. The highest BCUT2D eigenvalue weighted by atomic mass is 19.1. The van der Waals surface area contributed by atoms with Crippen molar-refractivity contribution >= 4 is 5.91 Å². The molecule has 1 amide bonds. The van der Waals surface area contributed by atoms with Crippen molar-refractivity contribution in [2.75, 3.05) is 19.8 Å². The van der Waals surface area contributed by atoms with Gasteiger partial charge in [-0.3, -0.25) is 9.89 Å². The van der Waals surface area contributed by atoms with E-state index >= 15 is 0 Å². The van der Waals surface area contributed by atoms with Crippen LogP contribution in [0.5, 0.6) is 0 Å². The standard InChI is InChI=1S/C17H20FN3O2/c1-11-17(12(2)20-19-11)15-10-23-8-7-21(15)16(22)9-13-5-3-4-6-14(13)18/h3-6,15H,7-10H2,1-2H3,(H,19,20)/t15-/m0/s1. The number of hydrogen-bond donors (Lipinski definition) is 1. The van der Waals surface area contributed by atoms with Crippen molar-refractivity contribution < 1.29 is 13.9 Å². The highest BCUT2D eigenvalue weighted by Gasteiger charge is 2.32. The maximum atomic E-state index is 13.8. The molecule has 0 bridgehead atoms. The predicted molar refractivity (Wildman–Crippen MR) is 83.4 cm³/mol. The Balaban J connectivity index is 1.84.